The molecule has 1 unspecified atom stereocenters. The third-order valence-electron chi connectivity index (χ3n) is 1.59. The molecule has 0 spiro atoms. The van der Waals surface area contributed by atoms with Crippen molar-refractivity contribution in [3.63, 3.8) is 0 Å². The fraction of sp³-hybridized carbons (Fsp3) is 0.625. The van der Waals surface area contributed by atoms with E-state index >= 15 is 0 Å². The van der Waals surface area contributed by atoms with Crippen LogP contribution in [0.2, 0.25) is 0 Å². The zero-order chi connectivity index (χ0) is 11.5. The van der Waals surface area contributed by atoms with Gasteiger partial charge in [-0.3, -0.25) is 9.35 Å². The quantitative estimate of drug-likeness (QED) is 0.412. The van der Waals surface area contributed by atoms with E-state index in [1.807, 2.05) is 0 Å². The SMILES string of the molecule is C=C(C)C(=O)NC(C(C)C)S(=O)(=O)O.[CaH2]. The summed E-state index contributed by atoms with van der Waals surface area (Å²) in [6.45, 7) is 7.98. The molecule has 0 aliphatic heterocycles. The Bertz CT molecular complexity index is 337. The summed E-state index contributed by atoms with van der Waals surface area (Å²) in [6.07, 6.45) is 0. The van der Waals surface area contributed by atoms with E-state index in [1.54, 1.807) is 13.8 Å². The predicted molar refractivity (Wildman–Crippen MR) is 61.7 cm³/mol. The second-order valence-corrected chi connectivity index (χ2v) is 4.97. The van der Waals surface area contributed by atoms with E-state index in [-0.39, 0.29) is 43.3 Å². The van der Waals surface area contributed by atoms with Crippen LogP contribution in [0.1, 0.15) is 20.8 Å². The molecule has 0 aromatic rings. The van der Waals surface area contributed by atoms with Gasteiger partial charge in [-0.15, -0.1) is 0 Å². The fourth-order valence-corrected chi connectivity index (χ4v) is 1.78. The minimum absolute atomic E-state index is 0. The van der Waals surface area contributed by atoms with Crippen LogP contribution in [0, 0.1) is 5.92 Å². The zero-order valence-electron chi connectivity index (χ0n) is 8.44. The Hall–Kier alpha value is 0.380. The molecule has 0 fully saturated rings. The number of rotatable bonds is 4. The van der Waals surface area contributed by atoms with Crippen molar-refractivity contribution < 1.29 is 17.8 Å². The van der Waals surface area contributed by atoms with E-state index in [9.17, 15) is 13.2 Å². The summed E-state index contributed by atoms with van der Waals surface area (Å²) in [4.78, 5) is 11.1. The van der Waals surface area contributed by atoms with Crippen LogP contribution in [-0.2, 0) is 14.9 Å². The third kappa shape index (κ3) is 6.52. The van der Waals surface area contributed by atoms with Crippen molar-refractivity contribution in [3.05, 3.63) is 12.2 Å². The number of nitrogens with one attached hydrogen (secondary N) is 1. The average molecular weight is 263 g/mol. The average Bonchev–Trinajstić information content (AvgIpc) is 1.96. The molecule has 0 aliphatic rings. The van der Waals surface area contributed by atoms with Crippen LogP contribution < -0.4 is 5.32 Å². The Morgan fingerprint density at radius 3 is 2.00 bits per heavy atom. The van der Waals surface area contributed by atoms with E-state index < -0.39 is 27.3 Å². The molecule has 1 atom stereocenters. The number of carbonyl (C=O) groups is 1. The first-order chi connectivity index (χ1) is 6.16. The van der Waals surface area contributed by atoms with Crippen LogP contribution in [0.4, 0.5) is 0 Å². The van der Waals surface area contributed by atoms with Gasteiger partial charge in [0.15, 0.2) is 5.37 Å². The first-order valence-corrected chi connectivity index (χ1v) is 5.59. The molecule has 0 saturated carbocycles. The summed E-state index contributed by atoms with van der Waals surface area (Å²) >= 11 is 0. The molecule has 0 rings (SSSR count). The van der Waals surface area contributed by atoms with Gasteiger partial charge in [0.05, 0.1) is 0 Å². The summed E-state index contributed by atoms with van der Waals surface area (Å²) < 4.78 is 30.5. The van der Waals surface area contributed by atoms with Crippen molar-refractivity contribution >= 4 is 53.8 Å². The number of hydrogen-bond donors (Lipinski definition) is 2. The summed E-state index contributed by atoms with van der Waals surface area (Å²) in [6, 6.07) is 0. The van der Waals surface area contributed by atoms with Crippen LogP contribution in [-0.4, -0.2) is 62.0 Å². The van der Waals surface area contributed by atoms with Crippen LogP contribution in [0.5, 0.6) is 0 Å². The molecule has 0 aromatic carbocycles. The van der Waals surface area contributed by atoms with E-state index in [1.165, 1.54) is 6.92 Å². The standard InChI is InChI=1S/C8H15NO4S.Ca.2H/c1-5(2)7(10)9-8(6(3)4)14(11,12)13;;;/h6,8H,1H2,2-4H3,(H,9,10)(H,11,12,13);;;. The molecule has 0 saturated heterocycles. The van der Waals surface area contributed by atoms with Crippen LogP contribution in [0.15, 0.2) is 12.2 Å². The molecule has 0 bridgehead atoms. The molecule has 0 radical (unpaired) electrons. The maximum atomic E-state index is 11.1. The zero-order valence-corrected chi connectivity index (χ0v) is 9.26. The van der Waals surface area contributed by atoms with E-state index in [0.717, 1.165) is 0 Å². The second-order valence-electron chi connectivity index (χ2n) is 3.43. The van der Waals surface area contributed by atoms with Crippen molar-refractivity contribution in [1.29, 1.82) is 0 Å². The van der Waals surface area contributed by atoms with Crippen molar-refractivity contribution in [2.45, 2.75) is 26.1 Å². The van der Waals surface area contributed by atoms with Gasteiger partial charge in [-0.1, -0.05) is 20.4 Å². The van der Waals surface area contributed by atoms with Gasteiger partial charge in [0.2, 0.25) is 5.91 Å². The van der Waals surface area contributed by atoms with Gasteiger partial charge in [0, 0.05) is 5.57 Å². The van der Waals surface area contributed by atoms with E-state index in [0.29, 0.717) is 0 Å². The molecular formula is C8H17CaNO4S. The first kappa shape index (κ1) is 17.8. The number of amides is 1. The van der Waals surface area contributed by atoms with Gasteiger partial charge in [0.25, 0.3) is 10.1 Å². The van der Waals surface area contributed by atoms with Crippen molar-refractivity contribution in [2.75, 3.05) is 0 Å². The van der Waals surface area contributed by atoms with Gasteiger partial charge >= 0.3 is 37.7 Å². The van der Waals surface area contributed by atoms with E-state index in [4.69, 9.17) is 4.55 Å². The summed E-state index contributed by atoms with van der Waals surface area (Å²) in [7, 11) is -4.27. The van der Waals surface area contributed by atoms with Gasteiger partial charge in [0.1, 0.15) is 0 Å². The Balaban J connectivity index is 0. The van der Waals surface area contributed by atoms with Crippen LogP contribution >= 0.6 is 0 Å². The summed E-state index contributed by atoms with van der Waals surface area (Å²) in [5.41, 5.74) is 0.194. The van der Waals surface area contributed by atoms with Gasteiger partial charge in [-0.05, 0) is 12.8 Å². The monoisotopic (exact) mass is 263 g/mol. The fourth-order valence-electron chi connectivity index (χ4n) is 0.837. The normalized spacial score (nSPS) is 12.9. The predicted octanol–water partition coefficient (Wildman–Crippen LogP) is -0.368. The van der Waals surface area contributed by atoms with E-state index in [2.05, 4.69) is 11.9 Å². The molecule has 2 N–H and O–H groups in total. The van der Waals surface area contributed by atoms with Crippen LogP contribution in [0.25, 0.3) is 0 Å². The number of hydrogen-bond acceptors (Lipinski definition) is 3. The Morgan fingerprint density at radius 2 is 1.80 bits per heavy atom. The van der Waals surface area contributed by atoms with Crippen LogP contribution in [0.3, 0.4) is 0 Å². The van der Waals surface area contributed by atoms with Gasteiger partial charge in [-0.25, -0.2) is 0 Å². The van der Waals surface area contributed by atoms with Gasteiger partial charge < -0.3 is 5.32 Å². The van der Waals surface area contributed by atoms with Crippen molar-refractivity contribution in [3.8, 4) is 0 Å². The number of carbonyl (C=O) groups excluding carboxylic acids is 1. The molecule has 0 aliphatic carbocycles. The first-order valence-electron chi connectivity index (χ1n) is 4.09. The molecule has 0 aromatic heterocycles. The molecule has 1 amide bonds. The molecule has 7 heteroatoms. The maximum absolute atomic E-state index is 11.1. The molecule has 86 valence electrons. The Labute approximate surface area is 120 Å². The van der Waals surface area contributed by atoms with Crippen molar-refractivity contribution in [2.24, 2.45) is 5.92 Å². The molecule has 0 heterocycles. The Morgan fingerprint density at radius 1 is 1.40 bits per heavy atom. The summed E-state index contributed by atoms with van der Waals surface area (Å²) in [5.74, 6) is -0.991. The summed E-state index contributed by atoms with van der Waals surface area (Å²) in [5, 5.41) is 0.894. The van der Waals surface area contributed by atoms with Crippen molar-refractivity contribution in [1.82, 2.24) is 5.32 Å². The molecular weight excluding hydrogens is 246 g/mol. The minimum atomic E-state index is -4.27. The third-order valence-corrected chi connectivity index (χ3v) is 2.89. The van der Waals surface area contributed by atoms with Gasteiger partial charge in [-0.2, -0.15) is 8.42 Å². The topological polar surface area (TPSA) is 83.5 Å². The second kappa shape index (κ2) is 6.85. The molecule has 5 nitrogen and oxygen atoms in total. The Kier molecular flexibility index (Phi) is 8.12. The molecule has 15 heavy (non-hydrogen) atoms.